The summed E-state index contributed by atoms with van der Waals surface area (Å²) >= 11 is 6.03. The molecule has 112 valence electrons. The smallest absolute Gasteiger partial charge is 0.127 e. The molecule has 1 atom stereocenters. The van der Waals surface area contributed by atoms with Crippen LogP contribution >= 0.6 is 11.6 Å². The van der Waals surface area contributed by atoms with Crippen LogP contribution in [-0.2, 0) is 17.6 Å². The van der Waals surface area contributed by atoms with Crippen molar-refractivity contribution in [1.29, 1.82) is 0 Å². The van der Waals surface area contributed by atoms with Crippen LogP contribution in [0.3, 0.4) is 0 Å². The molecule has 0 amide bonds. The highest BCUT2D eigenvalue weighted by molar-refractivity contribution is 6.31. The Morgan fingerprint density at radius 3 is 2.52 bits per heavy atom. The van der Waals surface area contributed by atoms with E-state index in [9.17, 15) is 4.39 Å². The molecule has 0 aliphatic heterocycles. The number of nitrogens with two attached hydrogens (primary N) is 1. The molecule has 2 rings (SSSR count). The molecule has 0 aliphatic rings. The Kier molecular flexibility index (Phi) is 5.74. The van der Waals surface area contributed by atoms with Gasteiger partial charge >= 0.3 is 0 Å². The molecule has 2 aromatic rings. The molecule has 0 spiro atoms. The number of hydrogen-bond acceptors (Lipinski definition) is 2. The highest BCUT2D eigenvalue weighted by Crippen LogP contribution is 2.24. The predicted molar refractivity (Wildman–Crippen MR) is 84.1 cm³/mol. The topological polar surface area (TPSA) is 35.2 Å². The molecule has 2 aromatic carbocycles. The van der Waals surface area contributed by atoms with E-state index >= 15 is 0 Å². The zero-order chi connectivity index (χ0) is 15.2. The lowest BCUT2D eigenvalue weighted by Crippen LogP contribution is -2.14. The van der Waals surface area contributed by atoms with Crippen molar-refractivity contribution < 1.29 is 9.13 Å². The van der Waals surface area contributed by atoms with E-state index in [0.717, 1.165) is 12.0 Å². The summed E-state index contributed by atoms with van der Waals surface area (Å²) in [5.41, 5.74) is 8.79. The van der Waals surface area contributed by atoms with Gasteiger partial charge in [-0.25, -0.2) is 4.39 Å². The van der Waals surface area contributed by atoms with Crippen LogP contribution in [0.1, 0.15) is 22.7 Å². The molecule has 0 heterocycles. The minimum atomic E-state index is -0.310. The van der Waals surface area contributed by atoms with Crippen molar-refractivity contribution in [3.63, 3.8) is 0 Å². The minimum absolute atomic E-state index is 0.282. The van der Waals surface area contributed by atoms with Crippen LogP contribution in [0.15, 0.2) is 42.5 Å². The first kappa shape index (κ1) is 16.0. The van der Waals surface area contributed by atoms with E-state index < -0.39 is 0 Å². The van der Waals surface area contributed by atoms with Gasteiger partial charge in [0.1, 0.15) is 5.82 Å². The Balaban J connectivity index is 2.08. The Morgan fingerprint density at radius 1 is 1.19 bits per heavy atom. The number of halogens is 2. The lowest BCUT2D eigenvalue weighted by molar-refractivity contribution is 0.202. The Morgan fingerprint density at radius 2 is 1.90 bits per heavy atom. The molecule has 2 N–H and O–H groups in total. The minimum Gasteiger partial charge on any atom is -0.384 e. The summed E-state index contributed by atoms with van der Waals surface area (Å²) in [6, 6.07) is 12.4. The zero-order valence-corrected chi connectivity index (χ0v) is 12.7. The van der Waals surface area contributed by atoms with Crippen LogP contribution in [0.2, 0.25) is 5.02 Å². The highest BCUT2D eigenvalue weighted by Gasteiger charge is 2.13. The fourth-order valence-electron chi connectivity index (χ4n) is 2.22. The van der Waals surface area contributed by atoms with Crippen molar-refractivity contribution in [2.75, 3.05) is 13.7 Å². The second kappa shape index (κ2) is 7.55. The summed E-state index contributed by atoms with van der Waals surface area (Å²) in [4.78, 5) is 0. The number of rotatable bonds is 6. The molecular weight excluding hydrogens is 289 g/mol. The van der Waals surface area contributed by atoms with Gasteiger partial charge in [-0.3, -0.25) is 0 Å². The molecule has 0 bridgehead atoms. The first-order valence-electron chi connectivity index (χ1n) is 6.88. The first-order valence-corrected chi connectivity index (χ1v) is 7.26. The van der Waals surface area contributed by atoms with Crippen LogP contribution in [0, 0.1) is 5.82 Å². The fourth-order valence-corrected chi connectivity index (χ4v) is 2.46. The summed E-state index contributed by atoms with van der Waals surface area (Å²) in [7, 11) is 1.68. The lowest BCUT2D eigenvalue weighted by Gasteiger charge is -2.14. The molecule has 0 saturated heterocycles. The van der Waals surface area contributed by atoms with Gasteiger partial charge in [-0.2, -0.15) is 0 Å². The third-order valence-electron chi connectivity index (χ3n) is 3.49. The largest absolute Gasteiger partial charge is 0.384 e. The Labute approximate surface area is 129 Å². The number of ether oxygens (including phenoxy) is 1. The quantitative estimate of drug-likeness (QED) is 0.878. The van der Waals surface area contributed by atoms with Gasteiger partial charge in [-0.05, 0) is 36.1 Å². The molecule has 1 unspecified atom stereocenters. The van der Waals surface area contributed by atoms with E-state index in [4.69, 9.17) is 22.1 Å². The van der Waals surface area contributed by atoms with E-state index in [1.807, 2.05) is 24.3 Å². The van der Waals surface area contributed by atoms with Crippen molar-refractivity contribution >= 4 is 11.6 Å². The third-order valence-corrected chi connectivity index (χ3v) is 3.84. The van der Waals surface area contributed by atoms with Gasteiger partial charge in [0.2, 0.25) is 0 Å². The number of benzene rings is 2. The summed E-state index contributed by atoms with van der Waals surface area (Å²) in [5.74, 6) is -0.310. The average Bonchev–Trinajstić information content (AvgIpc) is 2.49. The van der Waals surface area contributed by atoms with Crippen LogP contribution < -0.4 is 5.73 Å². The fraction of sp³-hybridized carbons (Fsp3) is 0.294. The van der Waals surface area contributed by atoms with Crippen LogP contribution in [0.25, 0.3) is 0 Å². The Hall–Kier alpha value is -1.42. The highest BCUT2D eigenvalue weighted by atomic mass is 35.5. The van der Waals surface area contributed by atoms with Crippen molar-refractivity contribution in [2.45, 2.75) is 18.9 Å². The number of hydrogen-bond donors (Lipinski definition) is 1. The molecule has 0 fully saturated rings. The van der Waals surface area contributed by atoms with E-state index in [-0.39, 0.29) is 11.9 Å². The maximum Gasteiger partial charge on any atom is 0.127 e. The van der Waals surface area contributed by atoms with Crippen molar-refractivity contribution in [2.24, 2.45) is 5.73 Å². The van der Waals surface area contributed by atoms with Crippen molar-refractivity contribution in [3.05, 3.63) is 70.0 Å². The maximum atomic E-state index is 13.8. The van der Waals surface area contributed by atoms with Crippen molar-refractivity contribution in [3.8, 4) is 0 Å². The van der Waals surface area contributed by atoms with Crippen LogP contribution in [-0.4, -0.2) is 13.7 Å². The molecule has 0 radical (unpaired) electrons. The molecule has 21 heavy (non-hydrogen) atoms. The summed E-state index contributed by atoms with van der Waals surface area (Å²) in [6.07, 6.45) is 1.24. The van der Waals surface area contributed by atoms with Gasteiger partial charge in [-0.15, -0.1) is 0 Å². The third kappa shape index (κ3) is 4.27. The van der Waals surface area contributed by atoms with Gasteiger partial charge in [0, 0.05) is 23.7 Å². The summed E-state index contributed by atoms with van der Waals surface area (Å²) in [6.45, 7) is 0.691. The molecule has 0 aromatic heterocycles. The molecule has 0 aliphatic carbocycles. The van der Waals surface area contributed by atoms with Crippen LogP contribution in [0.5, 0.6) is 0 Å². The van der Waals surface area contributed by atoms with E-state index in [0.29, 0.717) is 23.6 Å². The summed E-state index contributed by atoms with van der Waals surface area (Å²) < 4.78 is 18.8. The average molecular weight is 308 g/mol. The van der Waals surface area contributed by atoms with E-state index in [1.54, 1.807) is 19.2 Å². The Bertz CT molecular complexity index is 566. The van der Waals surface area contributed by atoms with Gasteiger partial charge in [0.15, 0.2) is 0 Å². The van der Waals surface area contributed by atoms with Gasteiger partial charge in [-0.1, -0.05) is 41.9 Å². The molecule has 4 heteroatoms. The molecule has 2 nitrogen and oxygen atoms in total. The maximum absolute atomic E-state index is 13.8. The van der Waals surface area contributed by atoms with Gasteiger partial charge < -0.3 is 10.5 Å². The second-order valence-electron chi connectivity index (χ2n) is 5.00. The SMILES string of the molecule is COCCc1ccc(C(N)Cc2c(F)cccc2Cl)cc1. The lowest BCUT2D eigenvalue weighted by atomic mass is 9.98. The monoisotopic (exact) mass is 307 g/mol. The predicted octanol–water partition coefficient (Wildman–Crippen LogP) is 3.91. The zero-order valence-electron chi connectivity index (χ0n) is 12.0. The standard InChI is InChI=1S/C17H19ClFNO/c1-21-10-9-12-5-7-13(8-6-12)17(20)11-14-15(18)3-2-4-16(14)19/h2-8,17H,9-11,20H2,1H3. The van der Waals surface area contributed by atoms with Crippen molar-refractivity contribution in [1.82, 2.24) is 0 Å². The van der Waals surface area contributed by atoms with Gasteiger partial charge in [0.05, 0.1) is 6.61 Å². The van der Waals surface area contributed by atoms with E-state index in [2.05, 4.69) is 0 Å². The number of methoxy groups -OCH3 is 1. The second-order valence-corrected chi connectivity index (χ2v) is 5.40. The van der Waals surface area contributed by atoms with Gasteiger partial charge in [0.25, 0.3) is 0 Å². The van der Waals surface area contributed by atoms with Crippen LogP contribution in [0.4, 0.5) is 4.39 Å². The molecular formula is C17H19ClFNO. The normalized spacial score (nSPS) is 12.4. The molecule has 0 saturated carbocycles. The van der Waals surface area contributed by atoms with E-state index in [1.165, 1.54) is 11.6 Å². The summed E-state index contributed by atoms with van der Waals surface area (Å²) in [5, 5.41) is 0.419. The first-order chi connectivity index (χ1) is 10.1.